The normalized spacial score (nSPS) is 28.2. The van der Waals surface area contributed by atoms with Crippen molar-refractivity contribution in [1.82, 2.24) is 4.90 Å². The lowest BCUT2D eigenvalue weighted by Gasteiger charge is -2.50. The van der Waals surface area contributed by atoms with Crippen LogP contribution in [0.4, 0.5) is 0 Å². The molecule has 1 saturated carbocycles. The van der Waals surface area contributed by atoms with Gasteiger partial charge in [0, 0.05) is 16.9 Å². The van der Waals surface area contributed by atoms with Crippen molar-refractivity contribution in [3.05, 3.63) is 58.4 Å². The van der Waals surface area contributed by atoms with Gasteiger partial charge >= 0.3 is 0 Å². The molecule has 1 amide bonds. The summed E-state index contributed by atoms with van der Waals surface area (Å²) in [7, 11) is 4.65. The van der Waals surface area contributed by atoms with Crippen molar-refractivity contribution in [2.24, 2.45) is 17.6 Å². The molecule has 4 atom stereocenters. The predicted molar refractivity (Wildman–Crippen MR) is 127 cm³/mol. The molecular weight excluding hydrogens is 452 g/mol. The molecule has 0 bridgehead atoms. The zero-order chi connectivity index (χ0) is 25.4. The number of aliphatic hydroxyl groups excluding tert-OH is 2. The molecule has 5 N–H and O–H groups in total. The van der Waals surface area contributed by atoms with Gasteiger partial charge in [0.05, 0.1) is 18.7 Å². The molecule has 2 aromatic carbocycles. The van der Waals surface area contributed by atoms with Crippen LogP contribution in [-0.4, -0.2) is 70.5 Å². The van der Waals surface area contributed by atoms with Crippen molar-refractivity contribution in [2.45, 2.75) is 24.5 Å². The van der Waals surface area contributed by atoms with Crippen molar-refractivity contribution >= 4 is 34.0 Å². The summed E-state index contributed by atoms with van der Waals surface area (Å²) in [6.45, 7) is 0. The third kappa shape index (κ3) is 2.91. The Bertz CT molecular complexity index is 1390. The average Bonchev–Trinajstić information content (AvgIpc) is 2.79. The molecule has 9 heteroatoms. The second-order valence-corrected chi connectivity index (χ2v) is 9.63. The largest absolute Gasteiger partial charge is 0.508 e. The van der Waals surface area contributed by atoms with Gasteiger partial charge in [-0.3, -0.25) is 19.3 Å². The highest BCUT2D eigenvalue weighted by molar-refractivity contribution is 6.24. The number of fused-ring (bicyclic) bond motifs is 4. The summed E-state index contributed by atoms with van der Waals surface area (Å²) in [6, 6.07) is 8.36. The molecule has 0 unspecified atom stereocenters. The number of amides is 1. The number of likely N-dealkylation sites (N-methyl/N-ethyl adjacent to an activating group) is 1. The Morgan fingerprint density at radius 3 is 2.51 bits per heavy atom. The average molecular weight is 479 g/mol. The standard InChI is InChI=1S/C26H26N2O7/c1-28(2)19-15-10-13-9-12-8-11-6-4-5-7-14(11)22(35-3)16(12)20(29)17(13)23(31)26(15,34)24(32)18(21(19)30)25(27)33/h4-8,13,15,19,29,32,34H,9-10H2,1-3H3,(H2,27,33)/t13-,15-,19-,26-/m0/s1. The number of methoxy groups -OCH3 is 1. The van der Waals surface area contributed by atoms with Crippen LogP contribution in [0.3, 0.4) is 0 Å². The summed E-state index contributed by atoms with van der Waals surface area (Å²) in [6.07, 6.45) is 0.469. The van der Waals surface area contributed by atoms with Gasteiger partial charge in [0.1, 0.15) is 22.8 Å². The number of ether oxygens (including phenoxy) is 1. The maximum absolute atomic E-state index is 13.9. The Hall–Kier alpha value is -3.69. The van der Waals surface area contributed by atoms with Gasteiger partial charge in [0.15, 0.2) is 11.4 Å². The maximum Gasteiger partial charge on any atom is 0.255 e. The fraction of sp³-hybridized carbons (Fsp3) is 0.346. The monoisotopic (exact) mass is 478 g/mol. The first kappa shape index (κ1) is 23.1. The van der Waals surface area contributed by atoms with E-state index < -0.39 is 52.3 Å². The maximum atomic E-state index is 13.9. The molecule has 2 aromatic rings. The Balaban J connectivity index is 1.78. The van der Waals surface area contributed by atoms with Crippen molar-refractivity contribution in [2.75, 3.05) is 21.2 Å². The molecule has 0 saturated heterocycles. The van der Waals surface area contributed by atoms with Gasteiger partial charge in [-0.05, 0) is 43.8 Å². The van der Waals surface area contributed by atoms with Gasteiger partial charge in [0.2, 0.25) is 5.78 Å². The highest BCUT2D eigenvalue weighted by Gasteiger charge is 2.64. The number of primary amides is 1. The second kappa shape index (κ2) is 7.66. The highest BCUT2D eigenvalue weighted by Crippen LogP contribution is 2.53. The van der Waals surface area contributed by atoms with Gasteiger partial charge in [-0.15, -0.1) is 0 Å². The van der Waals surface area contributed by atoms with Gasteiger partial charge < -0.3 is 25.8 Å². The number of nitrogens with zero attached hydrogens (tertiary/aromatic N) is 1. The molecule has 5 rings (SSSR count). The van der Waals surface area contributed by atoms with Crippen LogP contribution in [0.5, 0.6) is 5.75 Å². The number of nitrogens with two attached hydrogens (primary N) is 1. The van der Waals surface area contributed by atoms with Crippen LogP contribution in [0, 0.1) is 11.8 Å². The zero-order valence-electron chi connectivity index (χ0n) is 19.5. The number of Topliss-reactive ketones (excluding diaryl/α,β-unsaturated/α-hetero) is 2. The Kier molecular flexibility index (Phi) is 5.05. The number of ketones is 2. The number of aliphatic hydroxyl groups is 3. The van der Waals surface area contributed by atoms with E-state index in [1.807, 2.05) is 30.3 Å². The lowest BCUT2D eigenvalue weighted by atomic mass is 9.57. The minimum absolute atomic E-state index is 0.0629. The minimum atomic E-state index is -2.59. The van der Waals surface area contributed by atoms with Crippen molar-refractivity contribution in [3.8, 4) is 5.75 Å². The van der Waals surface area contributed by atoms with Crippen LogP contribution in [-0.2, 0) is 20.8 Å². The number of hydrogen-bond acceptors (Lipinski definition) is 8. The van der Waals surface area contributed by atoms with E-state index in [0.717, 1.165) is 16.3 Å². The van der Waals surface area contributed by atoms with Gasteiger partial charge in [-0.2, -0.15) is 0 Å². The van der Waals surface area contributed by atoms with Crippen LogP contribution < -0.4 is 10.5 Å². The lowest BCUT2D eigenvalue weighted by molar-refractivity contribution is -0.153. The first-order valence-electron chi connectivity index (χ1n) is 11.3. The Morgan fingerprint density at radius 1 is 1.20 bits per heavy atom. The van der Waals surface area contributed by atoms with Gasteiger partial charge in [-0.25, -0.2) is 0 Å². The molecule has 1 fully saturated rings. The molecule has 3 aliphatic carbocycles. The summed E-state index contributed by atoms with van der Waals surface area (Å²) in [5.74, 6) is -5.51. The summed E-state index contributed by atoms with van der Waals surface area (Å²) in [5, 5.41) is 35.6. The van der Waals surface area contributed by atoms with Crippen LogP contribution in [0.25, 0.3) is 16.5 Å². The van der Waals surface area contributed by atoms with E-state index in [-0.39, 0.29) is 17.8 Å². The van der Waals surface area contributed by atoms with E-state index in [9.17, 15) is 29.7 Å². The number of carbonyl (C=O) groups excluding carboxylic acids is 3. The molecule has 0 aromatic heterocycles. The topological polar surface area (TPSA) is 150 Å². The quantitative estimate of drug-likeness (QED) is 0.484. The molecule has 182 valence electrons. The van der Waals surface area contributed by atoms with Crippen LogP contribution in [0.1, 0.15) is 17.5 Å². The summed E-state index contributed by atoms with van der Waals surface area (Å²) >= 11 is 0. The van der Waals surface area contributed by atoms with Gasteiger partial charge in [0.25, 0.3) is 5.91 Å². The number of rotatable bonds is 3. The summed E-state index contributed by atoms with van der Waals surface area (Å²) in [4.78, 5) is 40.5. The van der Waals surface area contributed by atoms with E-state index in [2.05, 4.69) is 0 Å². The fourth-order valence-corrected chi connectivity index (χ4v) is 6.15. The Morgan fingerprint density at radius 2 is 1.89 bits per heavy atom. The molecular formula is C26H26N2O7. The number of carbonyl (C=O) groups is 3. The van der Waals surface area contributed by atoms with E-state index in [4.69, 9.17) is 10.5 Å². The lowest BCUT2D eigenvalue weighted by Crippen LogP contribution is -2.65. The van der Waals surface area contributed by atoms with Gasteiger partial charge in [-0.1, -0.05) is 30.3 Å². The highest BCUT2D eigenvalue weighted by atomic mass is 16.5. The van der Waals surface area contributed by atoms with Crippen molar-refractivity contribution in [1.29, 1.82) is 0 Å². The molecule has 0 radical (unpaired) electrons. The van der Waals surface area contributed by atoms with E-state index >= 15 is 0 Å². The molecule has 9 nitrogen and oxygen atoms in total. The summed E-state index contributed by atoms with van der Waals surface area (Å²) in [5.41, 5.74) is 3.02. The summed E-state index contributed by atoms with van der Waals surface area (Å²) < 4.78 is 5.64. The zero-order valence-corrected chi connectivity index (χ0v) is 19.5. The smallest absolute Gasteiger partial charge is 0.255 e. The van der Waals surface area contributed by atoms with Crippen LogP contribution >= 0.6 is 0 Å². The minimum Gasteiger partial charge on any atom is -0.508 e. The SMILES string of the molecule is COc1c2c(cc3ccccc13)C[C@H]1C[C@H]3[C@H](N(C)C)C(=O)C(C(N)=O)=C(O)[C@@]3(O)C(=O)C1=C2O. The molecule has 0 spiro atoms. The van der Waals surface area contributed by atoms with E-state index in [0.29, 0.717) is 17.7 Å². The predicted octanol–water partition coefficient (Wildman–Crippen LogP) is 1.42. The van der Waals surface area contributed by atoms with E-state index in [1.54, 1.807) is 14.1 Å². The van der Waals surface area contributed by atoms with Crippen molar-refractivity contribution < 1.29 is 34.4 Å². The molecule has 35 heavy (non-hydrogen) atoms. The number of benzene rings is 2. The first-order chi connectivity index (χ1) is 16.5. The molecule has 3 aliphatic rings. The third-order valence-electron chi connectivity index (χ3n) is 7.62. The molecule has 0 heterocycles. The number of hydrogen-bond donors (Lipinski definition) is 4. The fourth-order valence-electron chi connectivity index (χ4n) is 6.15. The molecule has 0 aliphatic heterocycles. The second-order valence-electron chi connectivity index (χ2n) is 9.63. The van der Waals surface area contributed by atoms with Crippen LogP contribution in [0.2, 0.25) is 0 Å². The Labute approximate surface area is 201 Å². The van der Waals surface area contributed by atoms with Crippen LogP contribution in [0.15, 0.2) is 47.2 Å². The van der Waals surface area contributed by atoms with E-state index in [1.165, 1.54) is 12.0 Å². The van der Waals surface area contributed by atoms with Crippen molar-refractivity contribution in [3.63, 3.8) is 0 Å². The third-order valence-corrected chi connectivity index (χ3v) is 7.62. The first-order valence-corrected chi connectivity index (χ1v) is 11.3.